The molecule has 3 heterocycles. The monoisotopic (exact) mass is 546 g/mol. The summed E-state index contributed by atoms with van der Waals surface area (Å²) in [5.41, 5.74) is 3.73. The molecule has 0 N–H and O–H groups in total. The minimum Gasteiger partial charge on any atom is -0.352 e. The molecule has 3 aromatic carbocycles. The highest BCUT2D eigenvalue weighted by atomic mass is 79.9. The van der Waals surface area contributed by atoms with Crippen molar-refractivity contribution < 1.29 is 14.4 Å². The first-order valence-corrected chi connectivity index (χ1v) is 12.5. The number of carbonyl (C=O) groups is 3. The third-order valence-corrected chi connectivity index (χ3v) is 7.92. The molecule has 3 aliphatic heterocycles. The van der Waals surface area contributed by atoms with Crippen LogP contribution in [0, 0.1) is 18.8 Å². The SMILES string of the molecule is Cc1ccc(N2C(=O)[C@@H]3[C@H](C2=O)[C@H]2C=Cc4cc(Cl)ccc4N2[C@@H]3C(=O)c2ccc(Br)cc2)cc1. The average Bonchev–Trinajstić information content (AvgIpc) is 3.32. The summed E-state index contributed by atoms with van der Waals surface area (Å²) in [6.45, 7) is 1.95. The number of anilines is 2. The quantitative estimate of drug-likeness (QED) is 0.313. The summed E-state index contributed by atoms with van der Waals surface area (Å²) in [6, 6.07) is 18.7. The van der Waals surface area contributed by atoms with Crippen LogP contribution in [0.2, 0.25) is 5.02 Å². The van der Waals surface area contributed by atoms with E-state index in [1.807, 2.05) is 48.2 Å². The van der Waals surface area contributed by atoms with Crippen molar-refractivity contribution >= 4 is 62.6 Å². The second kappa shape index (κ2) is 8.18. The van der Waals surface area contributed by atoms with Gasteiger partial charge in [-0.1, -0.05) is 69.5 Å². The lowest BCUT2D eigenvalue weighted by molar-refractivity contribution is -0.122. The molecule has 0 aliphatic carbocycles. The van der Waals surface area contributed by atoms with Gasteiger partial charge in [0.15, 0.2) is 5.78 Å². The molecule has 174 valence electrons. The van der Waals surface area contributed by atoms with Gasteiger partial charge in [-0.2, -0.15) is 0 Å². The van der Waals surface area contributed by atoms with Gasteiger partial charge in [-0.3, -0.25) is 14.4 Å². The van der Waals surface area contributed by atoms with Gasteiger partial charge in [-0.25, -0.2) is 4.90 Å². The summed E-state index contributed by atoms with van der Waals surface area (Å²) in [5.74, 6) is -2.24. The molecule has 0 unspecified atom stereocenters. The second-order valence-corrected chi connectivity index (χ2v) is 10.5. The summed E-state index contributed by atoms with van der Waals surface area (Å²) >= 11 is 9.64. The number of halogens is 2. The van der Waals surface area contributed by atoms with E-state index in [9.17, 15) is 14.4 Å². The van der Waals surface area contributed by atoms with Crippen molar-refractivity contribution in [2.24, 2.45) is 11.8 Å². The first-order chi connectivity index (χ1) is 16.8. The molecule has 0 spiro atoms. The van der Waals surface area contributed by atoms with Crippen LogP contribution in [0.3, 0.4) is 0 Å². The predicted octanol–water partition coefficient (Wildman–Crippen LogP) is 5.68. The molecule has 0 saturated carbocycles. The van der Waals surface area contributed by atoms with Crippen molar-refractivity contribution in [3.8, 4) is 0 Å². The third-order valence-electron chi connectivity index (χ3n) is 7.16. The fourth-order valence-electron chi connectivity index (χ4n) is 5.58. The number of nitrogens with zero attached hydrogens (tertiary/aromatic N) is 2. The maximum atomic E-state index is 14.0. The Kier molecular flexibility index (Phi) is 5.20. The Morgan fingerprint density at radius 1 is 0.914 bits per heavy atom. The Morgan fingerprint density at radius 3 is 2.31 bits per heavy atom. The molecule has 0 aromatic heterocycles. The number of amides is 2. The fourth-order valence-corrected chi connectivity index (χ4v) is 6.02. The zero-order valence-electron chi connectivity index (χ0n) is 18.7. The Balaban J connectivity index is 1.49. The number of aryl methyl sites for hydroxylation is 1. The molecule has 0 radical (unpaired) electrons. The molecule has 3 aliphatic rings. The molecule has 4 atom stereocenters. The van der Waals surface area contributed by atoms with Crippen molar-refractivity contribution in [2.45, 2.75) is 19.0 Å². The number of Topliss-reactive ketones (excluding diaryl/α,β-unsaturated/α-hetero) is 1. The standard InChI is InChI=1S/C28H20BrClN2O3/c1-15-2-10-20(11-3-15)31-27(34)23-22-12-6-17-14-19(30)9-13-21(17)32(22)25(24(23)28(31)35)26(33)16-4-7-18(29)8-5-16/h2-14,22-25H,1H3/t22-,23-,24-,25+/m1/s1. The molecule has 6 rings (SSSR count). The largest absolute Gasteiger partial charge is 0.352 e. The maximum absolute atomic E-state index is 14.0. The fraction of sp³-hybridized carbons (Fsp3) is 0.179. The van der Waals surface area contributed by atoms with Crippen molar-refractivity contribution in [3.05, 3.63) is 99.0 Å². The lowest BCUT2D eigenvalue weighted by Gasteiger charge is -2.36. The molecule has 35 heavy (non-hydrogen) atoms. The number of ketones is 1. The van der Waals surface area contributed by atoms with E-state index < -0.39 is 23.9 Å². The van der Waals surface area contributed by atoms with Gasteiger partial charge < -0.3 is 4.90 Å². The number of rotatable bonds is 3. The van der Waals surface area contributed by atoms with Crippen LogP contribution in [0.15, 0.2) is 77.3 Å². The number of hydrogen-bond donors (Lipinski definition) is 0. The van der Waals surface area contributed by atoms with Crippen molar-refractivity contribution in [1.82, 2.24) is 0 Å². The van der Waals surface area contributed by atoms with E-state index in [2.05, 4.69) is 15.9 Å². The van der Waals surface area contributed by atoms with E-state index in [-0.39, 0.29) is 17.6 Å². The van der Waals surface area contributed by atoms with Crippen LogP contribution in [0.4, 0.5) is 11.4 Å². The minimum atomic E-state index is -0.817. The zero-order chi connectivity index (χ0) is 24.4. The van der Waals surface area contributed by atoms with Gasteiger partial charge in [0.1, 0.15) is 6.04 Å². The Morgan fingerprint density at radius 2 is 1.60 bits per heavy atom. The zero-order valence-corrected chi connectivity index (χ0v) is 21.0. The highest BCUT2D eigenvalue weighted by molar-refractivity contribution is 9.10. The van der Waals surface area contributed by atoms with Gasteiger partial charge in [-0.05, 0) is 55.0 Å². The first-order valence-electron chi connectivity index (χ1n) is 11.4. The molecule has 5 nitrogen and oxygen atoms in total. The molecular formula is C28H20BrClN2O3. The summed E-state index contributed by atoms with van der Waals surface area (Å²) in [6.07, 6.45) is 3.85. The molecule has 7 heteroatoms. The maximum Gasteiger partial charge on any atom is 0.240 e. The lowest BCUT2D eigenvalue weighted by Crippen LogP contribution is -2.48. The van der Waals surface area contributed by atoms with Crippen molar-refractivity contribution in [1.29, 1.82) is 0 Å². The van der Waals surface area contributed by atoms with Crippen LogP contribution in [-0.4, -0.2) is 29.7 Å². The summed E-state index contributed by atoms with van der Waals surface area (Å²) < 4.78 is 0.856. The average molecular weight is 548 g/mol. The second-order valence-electron chi connectivity index (χ2n) is 9.18. The van der Waals surface area contributed by atoms with Crippen LogP contribution in [0.5, 0.6) is 0 Å². The number of benzene rings is 3. The van der Waals surface area contributed by atoms with Crippen LogP contribution >= 0.6 is 27.5 Å². The van der Waals surface area contributed by atoms with E-state index in [0.29, 0.717) is 16.3 Å². The number of carbonyl (C=O) groups excluding carboxylic acids is 3. The number of imide groups is 1. The molecule has 2 amide bonds. The molecule has 0 bridgehead atoms. The smallest absolute Gasteiger partial charge is 0.240 e. The normalized spacial score (nSPS) is 24.4. The summed E-state index contributed by atoms with van der Waals surface area (Å²) in [5, 5.41) is 0.583. The topological polar surface area (TPSA) is 57.7 Å². The summed E-state index contributed by atoms with van der Waals surface area (Å²) in [4.78, 5) is 44.8. The van der Waals surface area contributed by atoms with E-state index in [4.69, 9.17) is 11.6 Å². The molecule has 2 saturated heterocycles. The highest BCUT2D eigenvalue weighted by Crippen LogP contribution is 2.50. The van der Waals surface area contributed by atoms with Crippen molar-refractivity contribution in [3.63, 3.8) is 0 Å². The third kappa shape index (κ3) is 3.39. The number of fused-ring (bicyclic) bond motifs is 5. The van der Waals surface area contributed by atoms with Crippen molar-refractivity contribution in [2.75, 3.05) is 9.80 Å². The van der Waals surface area contributed by atoms with E-state index in [1.54, 1.807) is 42.5 Å². The molecule has 3 aromatic rings. The number of hydrogen-bond acceptors (Lipinski definition) is 4. The van der Waals surface area contributed by atoms with Gasteiger partial charge in [0.25, 0.3) is 0 Å². The van der Waals surface area contributed by atoms with Gasteiger partial charge in [-0.15, -0.1) is 0 Å². The van der Waals surface area contributed by atoms with Gasteiger partial charge in [0.2, 0.25) is 11.8 Å². The Labute approximate surface area is 216 Å². The highest BCUT2D eigenvalue weighted by Gasteiger charge is 2.64. The molecular weight excluding hydrogens is 528 g/mol. The van der Waals surface area contributed by atoms with Gasteiger partial charge in [0.05, 0.1) is 23.6 Å². The minimum absolute atomic E-state index is 0.182. The van der Waals surface area contributed by atoms with Gasteiger partial charge >= 0.3 is 0 Å². The van der Waals surface area contributed by atoms with Crippen LogP contribution in [-0.2, 0) is 9.59 Å². The first kappa shape index (κ1) is 22.3. The summed E-state index contributed by atoms with van der Waals surface area (Å²) in [7, 11) is 0. The molecule has 2 fully saturated rings. The van der Waals surface area contributed by atoms with E-state index >= 15 is 0 Å². The Bertz CT molecular complexity index is 1420. The van der Waals surface area contributed by atoms with E-state index in [0.717, 1.165) is 21.3 Å². The predicted molar refractivity (Wildman–Crippen MR) is 140 cm³/mol. The van der Waals surface area contributed by atoms with Gasteiger partial charge in [0, 0.05) is 20.7 Å². The van der Waals surface area contributed by atoms with E-state index in [1.165, 1.54) is 4.90 Å². The van der Waals surface area contributed by atoms with Crippen LogP contribution in [0.1, 0.15) is 21.5 Å². The lowest BCUT2D eigenvalue weighted by atomic mass is 9.86. The Hall–Kier alpha value is -3.22. The van der Waals surface area contributed by atoms with Crippen LogP contribution < -0.4 is 9.80 Å². The van der Waals surface area contributed by atoms with Crippen LogP contribution in [0.25, 0.3) is 6.08 Å².